The van der Waals surface area contributed by atoms with Gasteiger partial charge in [0, 0.05) is 0 Å². The maximum absolute atomic E-state index is 11.3. The van der Waals surface area contributed by atoms with Crippen LogP contribution in [0.2, 0.25) is 0 Å². The molecule has 0 spiro atoms. The molecule has 0 aromatic heterocycles. The zero-order chi connectivity index (χ0) is 38.0. The first-order chi connectivity index (χ1) is 24.7. The summed E-state index contributed by atoms with van der Waals surface area (Å²) in [6, 6.07) is 0. The summed E-state index contributed by atoms with van der Waals surface area (Å²) in [6.45, 7) is -1.18. The van der Waals surface area contributed by atoms with Crippen molar-refractivity contribution in [1.82, 2.24) is 0 Å². The second kappa shape index (κ2) is 18.4. The maximum Gasteiger partial charge on any atom is 0.187 e. The van der Waals surface area contributed by atoms with Gasteiger partial charge in [-0.25, -0.2) is 0 Å². The van der Waals surface area contributed by atoms with E-state index in [1.807, 2.05) is 0 Å². The minimum Gasteiger partial charge on any atom is -0.394 e. The molecule has 0 aromatic carbocycles. The molecule has 4 heterocycles. The maximum atomic E-state index is 11.3. The molecule has 8 unspecified atom stereocenters. The van der Waals surface area contributed by atoms with Gasteiger partial charge in [-0.1, -0.05) is 6.92 Å². The molecule has 4 aliphatic heterocycles. The van der Waals surface area contributed by atoms with Crippen molar-refractivity contribution in [3.05, 3.63) is 0 Å². The zero-order valence-electron chi connectivity index (χ0n) is 28.4. The van der Waals surface area contributed by atoms with Gasteiger partial charge in [0.1, 0.15) is 97.7 Å². The van der Waals surface area contributed by atoms with Gasteiger partial charge in [0.2, 0.25) is 0 Å². The van der Waals surface area contributed by atoms with Crippen LogP contribution in [0.15, 0.2) is 0 Å². The van der Waals surface area contributed by atoms with Crippen molar-refractivity contribution in [1.29, 1.82) is 0 Å². The molecule has 1 saturated carbocycles. The standard InChI is InChI=1S/C31H54O21/c1-10-2-4-11(5-3-10)45-29-24(44)25(19(39)15(9-35)47-29)50-30-27(22(42)18(38)13(7-33)48-30)52-31-26(21(41)17(37)14(8-34)49-31)51-28-23(43)20(40)16(36)12(6-32)46-28/h10-44H,2-9H2,1H3/t10?,11?,12-,13-,14-,15?,16+,17+,18+,19+,20?,21?,22?,23?,24?,25-,26?,27?,28+,29+,30+,31+/m0/s1. The average Bonchev–Trinajstić information content (AvgIpc) is 3.14. The highest BCUT2D eigenvalue weighted by Crippen LogP contribution is 2.36. The van der Waals surface area contributed by atoms with Crippen LogP contribution in [-0.2, 0) is 37.9 Å². The Kier molecular flexibility index (Phi) is 15.0. The van der Waals surface area contributed by atoms with Crippen molar-refractivity contribution in [3.63, 3.8) is 0 Å². The van der Waals surface area contributed by atoms with Gasteiger partial charge in [-0.05, 0) is 31.6 Å². The monoisotopic (exact) mass is 762 g/mol. The highest BCUT2D eigenvalue weighted by atomic mass is 16.8. The van der Waals surface area contributed by atoms with Gasteiger partial charge in [0.15, 0.2) is 25.2 Å². The van der Waals surface area contributed by atoms with Gasteiger partial charge in [-0.3, -0.25) is 0 Å². The molecular weight excluding hydrogens is 708 g/mol. The van der Waals surface area contributed by atoms with E-state index in [2.05, 4.69) is 6.92 Å². The highest BCUT2D eigenvalue weighted by molar-refractivity contribution is 4.98. The molecule has 21 heteroatoms. The molecule has 21 nitrogen and oxygen atoms in total. The first-order valence-corrected chi connectivity index (χ1v) is 17.5. The minimum atomic E-state index is -2.00. The van der Waals surface area contributed by atoms with Gasteiger partial charge >= 0.3 is 0 Å². The smallest absolute Gasteiger partial charge is 0.187 e. The second-order valence-corrected chi connectivity index (χ2v) is 14.1. The fraction of sp³-hybridized carbons (Fsp3) is 1.00. The lowest BCUT2D eigenvalue weighted by atomic mass is 9.89. The summed E-state index contributed by atoms with van der Waals surface area (Å²) in [5.74, 6) is 0.481. The van der Waals surface area contributed by atoms with E-state index in [0.717, 1.165) is 12.8 Å². The molecule has 52 heavy (non-hydrogen) atoms. The van der Waals surface area contributed by atoms with E-state index in [4.69, 9.17) is 37.9 Å². The number of hydrogen-bond acceptors (Lipinski definition) is 21. The van der Waals surface area contributed by atoms with Crippen molar-refractivity contribution in [3.8, 4) is 0 Å². The molecule has 0 amide bonds. The minimum absolute atomic E-state index is 0.311. The fourth-order valence-corrected chi connectivity index (χ4v) is 7.15. The number of ether oxygens (including phenoxy) is 8. The molecule has 5 aliphatic rings. The van der Waals surface area contributed by atoms with E-state index in [1.54, 1.807) is 0 Å². The largest absolute Gasteiger partial charge is 0.394 e. The summed E-state index contributed by atoms with van der Waals surface area (Å²) < 4.78 is 46.0. The predicted molar refractivity (Wildman–Crippen MR) is 164 cm³/mol. The lowest BCUT2D eigenvalue weighted by Crippen LogP contribution is -2.68. The molecule has 1 aliphatic carbocycles. The van der Waals surface area contributed by atoms with Crippen molar-refractivity contribution in [2.24, 2.45) is 5.92 Å². The summed E-state index contributed by atoms with van der Waals surface area (Å²) in [5.41, 5.74) is 0. The number of rotatable bonds is 12. The Balaban J connectivity index is 1.40. The molecular formula is C31H54O21. The van der Waals surface area contributed by atoms with Gasteiger partial charge in [-0.15, -0.1) is 0 Å². The summed E-state index contributed by atoms with van der Waals surface area (Å²) in [6.07, 6.45) is -32.4. The molecule has 20 atom stereocenters. The molecule has 4 saturated heterocycles. The summed E-state index contributed by atoms with van der Waals surface area (Å²) in [5, 5.41) is 136. The van der Waals surface area contributed by atoms with Crippen LogP contribution in [0.4, 0.5) is 0 Å². The number of aliphatic hydroxyl groups excluding tert-OH is 13. The van der Waals surface area contributed by atoms with E-state index in [-0.39, 0.29) is 6.10 Å². The van der Waals surface area contributed by atoms with Crippen molar-refractivity contribution >= 4 is 0 Å². The molecule has 0 radical (unpaired) electrons. The molecule has 0 bridgehead atoms. The summed E-state index contributed by atoms with van der Waals surface area (Å²) >= 11 is 0. The Hall–Kier alpha value is -0.840. The first kappa shape index (κ1) is 42.3. The van der Waals surface area contributed by atoms with E-state index in [9.17, 15) is 66.4 Å². The molecule has 0 aromatic rings. The molecule has 304 valence electrons. The summed E-state index contributed by atoms with van der Waals surface area (Å²) in [4.78, 5) is 0. The van der Waals surface area contributed by atoms with Crippen LogP contribution in [0.1, 0.15) is 32.6 Å². The first-order valence-electron chi connectivity index (χ1n) is 17.5. The number of hydrogen-bond donors (Lipinski definition) is 13. The van der Waals surface area contributed by atoms with Gasteiger partial charge < -0.3 is 104 Å². The SMILES string of the molecule is CC1CCC(O[C@@H]2OC(CO)[C@@H](O)[C@H](O[C@H]3O[C@@H](CO)[C@@H](O)C(O)C3O[C@H]3O[C@@H](CO)[C@@H](O)C(O)C3O[C@H]3O[C@@H](CO)[C@@H](O)C(O)C3O)C2O)CC1. The van der Waals surface area contributed by atoms with Crippen LogP contribution in [0, 0.1) is 5.92 Å². The number of aliphatic hydroxyl groups is 13. The Morgan fingerprint density at radius 1 is 0.385 bits per heavy atom. The van der Waals surface area contributed by atoms with Crippen LogP contribution < -0.4 is 0 Å². The van der Waals surface area contributed by atoms with Crippen LogP contribution in [0.5, 0.6) is 0 Å². The van der Waals surface area contributed by atoms with E-state index in [1.165, 1.54) is 0 Å². The Morgan fingerprint density at radius 3 is 1.21 bits per heavy atom. The predicted octanol–water partition coefficient (Wildman–Crippen LogP) is -7.15. The van der Waals surface area contributed by atoms with E-state index >= 15 is 0 Å². The highest BCUT2D eigenvalue weighted by Gasteiger charge is 2.56. The third-order valence-corrected chi connectivity index (χ3v) is 10.5. The van der Waals surface area contributed by atoms with Crippen molar-refractivity contribution in [2.75, 3.05) is 26.4 Å². The molecule has 5 rings (SSSR count). The van der Waals surface area contributed by atoms with Gasteiger partial charge in [0.25, 0.3) is 0 Å². The quantitative estimate of drug-likeness (QED) is 0.0878. The fourth-order valence-electron chi connectivity index (χ4n) is 7.15. The second-order valence-electron chi connectivity index (χ2n) is 14.1. The topological polar surface area (TPSA) is 337 Å². The zero-order valence-corrected chi connectivity index (χ0v) is 28.4. The lowest BCUT2D eigenvalue weighted by molar-refractivity contribution is -0.404. The van der Waals surface area contributed by atoms with Gasteiger partial charge in [-0.2, -0.15) is 0 Å². The average molecular weight is 763 g/mol. The normalized spacial score (nSPS) is 52.0. The third-order valence-electron chi connectivity index (χ3n) is 10.5. The van der Waals surface area contributed by atoms with Gasteiger partial charge in [0.05, 0.1) is 32.5 Å². The van der Waals surface area contributed by atoms with Crippen LogP contribution in [-0.4, -0.2) is 222 Å². The lowest BCUT2D eigenvalue weighted by Gasteiger charge is -2.50. The summed E-state index contributed by atoms with van der Waals surface area (Å²) in [7, 11) is 0. The van der Waals surface area contributed by atoms with E-state index in [0.29, 0.717) is 18.8 Å². The molecule has 13 N–H and O–H groups in total. The molecule has 5 fully saturated rings. The van der Waals surface area contributed by atoms with Crippen molar-refractivity contribution < 1.29 is 104 Å². The van der Waals surface area contributed by atoms with Crippen LogP contribution >= 0.6 is 0 Å². The van der Waals surface area contributed by atoms with E-state index < -0.39 is 149 Å². The Bertz CT molecular complexity index is 1080. The Labute approximate surface area is 298 Å². The van der Waals surface area contributed by atoms with Crippen LogP contribution in [0.25, 0.3) is 0 Å². The third kappa shape index (κ3) is 8.90. The Morgan fingerprint density at radius 2 is 0.750 bits per heavy atom. The van der Waals surface area contributed by atoms with Crippen molar-refractivity contribution in [2.45, 2.75) is 162 Å². The van der Waals surface area contributed by atoms with Crippen LogP contribution in [0.3, 0.4) is 0 Å².